The zero-order valence-corrected chi connectivity index (χ0v) is 24.1. The summed E-state index contributed by atoms with van der Waals surface area (Å²) in [6, 6.07) is 14.3. The van der Waals surface area contributed by atoms with Crippen LogP contribution < -0.4 is 10.6 Å². The Morgan fingerprint density at radius 3 is 2.37 bits per heavy atom. The molecule has 0 aliphatic rings. The molecule has 0 bridgehead atoms. The number of amidine groups is 1. The summed E-state index contributed by atoms with van der Waals surface area (Å²) >= 11 is 5.11. The minimum atomic E-state index is 0.703. The van der Waals surface area contributed by atoms with E-state index in [1.165, 1.54) is 40.6 Å². The standard InChI is InChI=1S/C10H12N2S.C9H11N3S2.C7H17N/c1-9(11-2)12-8-13-10-6-4-3-5-7-10;1-10-6-12-9-11-5-8(14-9)7-3-2-4-13-7;1-4-6-8(3)7-5-2/h3-7H,2,8H2,1H3;2-5,10H,6H2,1H3,(H,11,12);4-7H2,1-3H3/b12-9-;;. The molecule has 1 aromatic carbocycles. The summed E-state index contributed by atoms with van der Waals surface area (Å²) in [7, 11) is 4.08. The SMILES string of the molecule is C=N/C(C)=N\CSc1ccccc1.CCCN(C)CCC.CNCNc1ncc(-c2cccs2)s1. The molecule has 2 aromatic heterocycles. The molecular weight excluding hydrogens is 493 g/mol. The highest BCUT2D eigenvalue weighted by Crippen LogP contribution is 2.31. The van der Waals surface area contributed by atoms with Gasteiger partial charge >= 0.3 is 0 Å². The van der Waals surface area contributed by atoms with E-state index in [0.29, 0.717) is 5.88 Å². The normalized spacial score (nSPS) is 10.7. The van der Waals surface area contributed by atoms with E-state index in [1.807, 2.05) is 38.4 Å². The lowest BCUT2D eigenvalue weighted by Gasteiger charge is -2.12. The van der Waals surface area contributed by atoms with E-state index in [9.17, 15) is 0 Å². The molecule has 2 N–H and O–H groups in total. The van der Waals surface area contributed by atoms with E-state index in [-0.39, 0.29) is 0 Å². The Kier molecular flexibility index (Phi) is 17.9. The van der Waals surface area contributed by atoms with E-state index < -0.39 is 0 Å². The van der Waals surface area contributed by atoms with Gasteiger partial charge in [0, 0.05) is 16.0 Å². The third-order valence-electron chi connectivity index (χ3n) is 4.39. The average molecular weight is 533 g/mol. The van der Waals surface area contributed by atoms with Crippen LogP contribution in [-0.4, -0.2) is 62.2 Å². The summed E-state index contributed by atoms with van der Waals surface area (Å²) in [4.78, 5) is 18.3. The second-order valence-electron chi connectivity index (χ2n) is 7.47. The molecule has 0 fully saturated rings. The molecule has 0 saturated carbocycles. The van der Waals surface area contributed by atoms with Crippen molar-refractivity contribution >= 4 is 52.1 Å². The molecule has 0 aliphatic carbocycles. The lowest BCUT2D eigenvalue weighted by molar-refractivity contribution is 0.335. The number of aliphatic imine (C=N–C) groups is 2. The van der Waals surface area contributed by atoms with Gasteiger partial charge in [0.15, 0.2) is 5.13 Å². The van der Waals surface area contributed by atoms with E-state index in [1.54, 1.807) is 34.4 Å². The molecule has 6 nitrogen and oxygen atoms in total. The molecule has 3 rings (SSSR count). The van der Waals surface area contributed by atoms with Crippen molar-refractivity contribution in [3.8, 4) is 9.75 Å². The van der Waals surface area contributed by atoms with Crippen LogP contribution in [0.3, 0.4) is 0 Å². The van der Waals surface area contributed by atoms with E-state index >= 15 is 0 Å². The zero-order valence-electron chi connectivity index (χ0n) is 21.7. The zero-order chi connectivity index (χ0) is 25.7. The molecule has 3 aromatic rings. The number of anilines is 1. The fourth-order valence-electron chi connectivity index (χ4n) is 2.69. The maximum Gasteiger partial charge on any atom is 0.184 e. The van der Waals surface area contributed by atoms with Gasteiger partial charge in [0.05, 0.1) is 17.4 Å². The first kappa shape index (κ1) is 31.0. The predicted molar refractivity (Wildman–Crippen MR) is 161 cm³/mol. The van der Waals surface area contributed by atoms with Gasteiger partial charge in [-0.05, 0) is 77.2 Å². The van der Waals surface area contributed by atoms with E-state index in [2.05, 4.69) is 87.8 Å². The highest BCUT2D eigenvalue weighted by Gasteiger charge is 2.03. The smallest absolute Gasteiger partial charge is 0.184 e. The van der Waals surface area contributed by atoms with Crippen molar-refractivity contribution in [1.82, 2.24) is 15.2 Å². The molecule has 0 radical (unpaired) electrons. The second kappa shape index (κ2) is 20.2. The summed E-state index contributed by atoms with van der Waals surface area (Å²) in [5, 5.41) is 9.24. The minimum absolute atomic E-state index is 0.703. The van der Waals surface area contributed by atoms with Crippen LogP contribution >= 0.6 is 34.4 Å². The van der Waals surface area contributed by atoms with Crippen molar-refractivity contribution in [2.24, 2.45) is 9.98 Å². The van der Waals surface area contributed by atoms with Crippen LogP contribution in [0.5, 0.6) is 0 Å². The molecule has 2 heterocycles. The fourth-order valence-corrected chi connectivity index (χ4v) is 5.08. The van der Waals surface area contributed by atoms with Gasteiger partial charge in [0.25, 0.3) is 0 Å². The lowest BCUT2D eigenvalue weighted by Crippen LogP contribution is -2.19. The van der Waals surface area contributed by atoms with Gasteiger partial charge in [-0.1, -0.05) is 49.4 Å². The van der Waals surface area contributed by atoms with Crippen molar-refractivity contribution in [3.05, 3.63) is 54.0 Å². The van der Waals surface area contributed by atoms with Gasteiger partial charge in [0.1, 0.15) is 5.84 Å². The first-order valence-corrected chi connectivity index (χ1v) is 14.4. The summed E-state index contributed by atoms with van der Waals surface area (Å²) in [5.41, 5.74) is 0. The van der Waals surface area contributed by atoms with Crippen LogP contribution in [-0.2, 0) is 0 Å². The number of benzene rings is 1. The summed E-state index contributed by atoms with van der Waals surface area (Å²) in [6.07, 6.45) is 4.46. The maximum atomic E-state index is 4.28. The Balaban J connectivity index is 0.000000274. The van der Waals surface area contributed by atoms with E-state index in [4.69, 9.17) is 0 Å². The summed E-state index contributed by atoms with van der Waals surface area (Å²) < 4.78 is 0. The van der Waals surface area contributed by atoms with Gasteiger partial charge in [-0.3, -0.25) is 4.99 Å². The van der Waals surface area contributed by atoms with Gasteiger partial charge in [-0.2, -0.15) is 0 Å². The first-order chi connectivity index (χ1) is 17.0. The second-order valence-corrected chi connectivity index (χ2v) is 10.5. The number of thioether (sulfide) groups is 1. The Morgan fingerprint density at radius 2 is 1.80 bits per heavy atom. The molecule has 0 unspecified atom stereocenters. The number of nitrogens with zero attached hydrogens (tertiary/aromatic N) is 4. The highest BCUT2D eigenvalue weighted by molar-refractivity contribution is 7.99. The molecule has 35 heavy (non-hydrogen) atoms. The molecule has 0 amide bonds. The Morgan fingerprint density at radius 1 is 1.09 bits per heavy atom. The van der Waals surface area contributed by atoms with Crippen LogP contribution in [0.1, 0.15) is 33.6 Å². The first-order valence-electron chi connectivity index (χ1n) is 11.8. The van der Waals surface area contributed by atoms with Crippen molar-refractivity contribution in [2.45, 2.75) is 38.5 Å². The molecule has 0 saturated heterocycles. The molecular formula is C26H40N6S3. The van der Waals surface area contributed by atoms with Crippen molar-refractivity contribution in [1.29, 1.82) is 0 Å². The van der Waals surface area contributed by atoms with Gasteiger partial charge < -0.3 is 15.5 Å². The summed E-state index contributed by atoms with van der Waals surface area (Å²) in [5.74, 6) is 1.44. The number of nitrogens with one attached hydrogen (secondary N) is 2. The van der Waals surface area contributed by atoms with Crippen LogP contribution in [0.15, 0.2) is 68.9 Å². The average Bonchev–Trinajstić information content (AvgIpc) is 3.57. The Labute approximate surface area is 224 Å². The fraction of sp³-hybridized carbons (Fsp3) is 0.423. The monoisotopic (exact) mass is 532 g/mol. The van der Waals surface area contributed by atoms with Crippen LogP contribution in [0.2, 0.25) is 0 Å². The Bertz CT molecular complexity index is 920. The number of hydrogen-bond acceptors (Lipinski definition) is 8. The number of hydrogen-bond donors (Lipinski definition) is 2. The minimum Gasteiger partial charge on any atom is -0.349 e. The predicted octanol–water partition coefficient (Wildman–Crippen LogP) is 7.05. The van der Waals surface area contributed by atoms with Gasteiger partial charge in [-0.15, -0.1) is 23.1 Å². The molecule has 0 atom stereocenters. The van der Waals surface area contributed by atoms with Crippen LogP contribution in [0, 0.1) is 0 Å². The van der Waals surface area contributed by atoms with Crippen molar-refractivity contribution < 1.29 is 0 Å². The topological polar surface area (TPSA) is 64.9 Å². The maximum absolute atomic E-state index is 4.28. The van der Waals surface area contributed by atoms with Gasteiger partial charge in [0.2, 0.25) is 0 Å². The van der Waals surface area contributed by atoms with Crippen LogP contribution in [0.25, 0.3) is 9.75 Å². The third kappa shape index (κ3) is 14.8. The molecule has 192 valence electrons. The molecule has 9 heteroatoms. The number of rotatable bonds is 11. The highest BCUT2D eigenvalue weighted by atomic mass is 32.2. The molecule has 0 aliphatic heterocycles. The van der Waals surface area contributed by atoms with Crippen molar-refractivity contribution in [3.63, 3.8) is 0 Å². The Hall–Kier alpha value is -2.04. The summed E-state index contributed by atoms with van der Waals surface area (Å²) in [6.45, 7) is 12.9. The van der Waals surface area contributed by atoms with E-state index in [0.717, 1.165) is 17.6 Å². The molecule has 0 spiro atoms. The largest absolute Gasteiger partial charge is 0.349 e. The van der Waals surface area contributed by atoms with Crippen molar-refractivity contribution in [2.75, 3.05) is 45.0 Å². The van der Waals surface area contributed by atoms with Crippen LogP contribution in [0.4, 0.5) is 5.13 Å². The van der Waals surface area contributed by atoms with Gasteiger partial charge in [-0.25, -0.2) is 9.98 Å². The number of thiophene rings is 1. The third-order valence-corrected chi connectivity index (χ3v) is 7.28. The number of aromatic nitrogens is 1. The quantitative estimate of drug-likeness (QED) is 0.120. The lowest BCUT2D eigenvalue weighted by atomic mass is 10.4. The number of thiazole rings is 1.